The molecular weight excluding hydrogens is 416 g/mol. The molecule has 25 heavy (non-hydrogen) atoms. The highest BCUT2D eigenvalue weighted by atomic mass is 79.9. The average Bonchev–Trinajstić information content (AvgIpc) is 3.23. The predicted octanol–water partition coefficient (Wildman–Crippen LogP) is 5.69. The maximum Gasteiger partial charge on any atom is 0.258 e. The average molecular weight is 433 g/mol. The molecule has 0 fully saturated rings. The number of hydrogen-bond donors (Lipinski definition) is 1. The Morgan fingerprint density at radius 3 is 2.84 bits per heavy atom. The van der Waals surface area contributed by atoms with E-state index >= 15 is 0 Å². The molecule has 3 nitrogen and oxygen atoms in total. The van der Waals surface area contributed by atoms with Gasteiger partial charge in [-0.1, -0.05) is 28.1 Å². The quantitative estimate of drug-likeness (QED) is 0.575. The summed E-state index contributed by atoms with van der Waals surface area (Å²) in [5.74, 6) is -0.0241. The van der Waals surface area contributed by atoms with E-state index in [1.165, 1.54) is 28.8 Å². The molecular formula is C19H17BrN2OS2. The van der Waals surface area contributed by atoms with Crippen LogP contribution in [0.25, 0.3) is 0 Å². The predicted molar refractivity (Wildman–Crippen MR) is 108 cm³/mol. The summed E-state index contributed by atoms with van der Waals surface area (Å²) >= 11 is 6.71. The van der Waals surface area contributed by atoms with Gasteiger partial charge in [0.15, 0.2) is 5.13 Å². The SMILES string of the molecule is O=C(Nc1ncc(Cc2ccc(Br)cc2)s1)c1csc2c1CCCC2. The van der Waals surface area contributed by atoms with Crippen molar-refractivity contribution in [3.8, 4) is 0 Å². The summed E-state index contributed by atoms with van der Waals surface area (Å²) in [5, 5.41) is 5.65. The van der Waals surface area contributed by atoms with Crippen molar-refractivity contribution in [3.63, 3.8) is 0 Å². The molecule has 0 bridgehead atoms. The summed E-state index contributed by atoms with van der Waals surface area (Å²) in [6.07, 6.45) is 7.23. The van der Waals surface area contributed by atoms with Gasteiger partial charge in [-0.25, -0.2) is 4.98 Å². The van der Waals surface area contributed by atoms with Crippen molar-refractivity contribution >= 4 is 49.6 Å². The van der Waals surface area contributed by atoms with Gasteiger partial charge in [0, 0.05) is 32.2 Å². The topological polar surface area (TPSA) is 42.0 Å². The number of aromatic nitrogens is 1. The van der Waals surface area contributed by atoms with E-state index in [1.807, 2.05) is 23.7 Å². The fraction of sp³-hybridized carbons (Fsp3) is 0.263. The molecule has 0 atom stereocenters. The van der Waals surface area contributed by atoms with E-state index in [0.29, 0.717) is 5.13 Å². The summed E-state index contributed by atoms with van der Waals surface area (Å²) in [6.45, 7) is 0. The molecule has 0 radical (unpaired) electrons. The van der Waals surface area contributed by atoms with E-state index in [1.54, 1.807) is 22.7 Å². The first-order valence-corrected chi connectivity index (χ1v) is 10.8. The minimum absolute atomic E-state index is 0.0241. The van der Waals surface area contributed by atoms with Crippen molar-refractivity contribution in [3.05, 3.63) is 66.8 Å². The van der Waals surface area contributed by atoms with Crippen LogP contribution in [0, 0.1) is 0 Å². The number of aryl methyl sites for hydroxylation is 1. The number of halogens is 1. The van der Waals surface area contributed by atoms with Crippen molar-refractivity contribution in [1.82, 2.24) is 4.98 Å². The Bertz CT molecular complexity index is 899. The second kappa shape index (κ2) is 7.40. The smallest absolute Gasteiger partial charge is 0.258 e. The van der Waals surface area contributed by atoms with E-state index < -0.39 is 0 Å². The zero-order valence-corrected chi connectivity index (χ0v) is 16.8. The third-order valence-corrected chi connectivity index (χ3v) is 6.90. The summed E-state index contributed by atoms with van der Waals surface area (Å²) in [7, 11) is 0. The van der Waals surface area contributed by atoms with Gasteiger partial charge in [0.2, 0.25) is 0 Å². The summed E-state index contributed by atoms with van der Waals surface area (Å²) in [6, 6.07) is 8.27. The van der Waals surface area contributed by atoms with Gasteiger partial charge in [0.25, 0.3) is 5.91 Å². The number of carbonyl (C=O) groups excluding carboxylic acids is 1. The van der Waals surface area contributed by atoms with E-state index in [9.17, 15) is 4.79 Å². The van der Waals surface area contributed by atoms with Gasteiger partial charge in [-0.05, 0) is 48.9 Å². The lowest BCUT2D eigenvalue weighted by molar-refractivity contribution is 0.102. The van der Waals surface area contributed by atoms with Crippen LogP contribution in [0.1, 0.15) is 44.1 Å². The monoisotopic (exact) mass is 432 g/mol. The number of thiazole rings is 1. The number of rotatable bonds is 4. The molecule has 2 aromatic heterocycles. The molecule has 0 unspecified atom stereocenters. The van der Waals surface area contributed by atoms with Crippen LogP contribution in [0.3, 0.4) is 0 Å². The molecule has 0 saturated carbocycles. The Hall–Kier alpha value is -1.50. The van der Waals surface area contributed by atoms with E-state index in [-0.39, 0.29) is 5.91 Å². The first-order valence-electron chi connectivity index (χ1n) is 8.29. The van der Waals surface area contributed by atoms with Crippen LogP contribution in [0.15, 0.2) is 40.3 Å². The van der Waals surface area contributed by atoms with Crippen LogP contribution in [0.5, 0.6) is 0 Å². The molecule has 3 aromatic rings. The van der Waals surface area contributed by atoms with Crippen LogP contribution >= 0.6 is 38.6 Å². The molecule has 1 aliphatic carbocycles. The lowest BCUT2D eigenvalue weighted by Gasteiger charge is -2.12. The standard InChI is InChI=1S/C19H17BrN2OS2/c20-13-7-5-12(6-8-13)9-14-10-21-19(25-14)22-18(23)16-11-24-17-4-2-1-3-15(16)17/h5-8,10-11H,1-4,9H2,(H,21,22,23). The second-order valence-corrected chi connectivity index (χ2v) is 9.14. The van der Waals surface area contributed by atoms with Gasteiger partial charge in [-0.2, -0.15) is 0 Å². The number of fused-ring (bicyclic) bond motifs is 1. The van der Waals surface area contributed by atoms with Crippen LogP contribution in [0.4, 0.5) is 5.13 Å². The number of nitrogens with one attached hydrogen (secondary N) is 1. The Kier molecular flexibility index (Phi) is 5.01. The molecule has 1 aliphatic rings. The third kappa shape index (κ3) is 3.86. The zero-order valence-electron chi connectivity index (χ0n) is 13.5. The lowest BCUT2D eigenvalue weighted by atomic mass is 9.96. The van der Waals surface area contributed by atoms with Crippen molar-refractivity contribution in [2.75, 3.05) is 5.32 Å². The van der Waals surface area contributed by atoms with E-state index in [0.717, 1.165) is 34.2 Å². The van der Waals surface area contributed by atoms with Gasteiger partial charge >= 0.3 is 0 Å². The maximum atomic E-state index is 12.6. The van der Waals surface area contributed by atoms with Gasteiger partial charge in [-0.15, -0.1) is 22.7 Å². The summed E-state index contributed by atoms with van der Waals surface area (Å²) in [5.41, 5.74) is 3.32. The zero-order chi connectivity index (χ0) is 17.2. The lowest BCUT2D eigenvalue weighted by Crippen LogP contribution is -2.14. The van der Waals surface area contributed by atoms with Crippen molar-refractivity contribution in [2.24, 2.45) is 0 Å². The third-order valence-electron chi connectivity index (χ3n) is 4.37. The molecule has 1 amide bonds. The number of nitrogens with zero attached hydrogens (tertiary/aromatic N) is 1. The first-order chi connectivity index (χ1) is 12.2. The molecule has 2 heterocycles. The van der Waals surface area contributed by atoms with Crippen molar-refractivity contribution in [1.29, 1.82) is 0 Å². The summed E-state index contributed by atoms with van der Waals surface area (Å²) in [4.78, 5) is 19.5. The van der Waals surface area contributed by atoms with Crippen molar-refractivity contribution in [2.45, 2.75) is 32.1 Å². The summed E-state index contributed by atoms with van der Waals surface area (Å²) < 4.78 is 1.08. The minimum atomic E-state index is -0.0241. The van der Waals surface area contributed by atoms with Crippen LogP contribution in [-0.2, 0) is 19.3 Å². The van der Waals surface area contributed by atoms with Gasteiger partial charge in [-0.3, -0.25) is 10.1 Å². The number of carbonyl (C=O) groups is 1. The van der Waals surface area contributed by atoms with Gasteiger partial charge in [0.05, 0.1) is 5.56 Å². The molecule has 1 N–H and O–H groups in total. The fourth-order valence-corrected chi connectivity index (χ4v) is 5.33. The highest BCUT2D eigenvalue weighted by Crippen LogP contribution is 2.31. The Morgan fingerprint density at radius 2 is 2.00 bits per heavy atom. The molecule has 6 heteroatoms. The molecule has 0 aliphatic heterocycles. The Morgan fingerprint density at radius 1 is 1.20 bits per heavy atom. The van der Waals surface area contributed by atoms with Gasteiger partial charge < -0.3 is 0 Å². The number of hydrogen-bond acceptors (Lipinski definition) is 4. The number of anilines is 1. The van der Waals surface area contributed by atoms with E-state index in [4.69, 9.17) is 0 Å². The molecule has 4 rings (SSSR count). The number of benzene rings is 1. The minimum Gasteiger partial charge on any atom is -0.298 e. The Balaban J connectivity index is 1.45. The van der Waals surface area contributed by atoms with Gasteiger partial charge in [0.1, 0.15) is 0 Å². The normalized spacial score (nSPS) is 13.5. The first kappa shape index (κ1) is 16.9. The number of amides is 1. The Labute approximate surface area is 163 Å². The molecule has 128 valence electrons. The largest absolute Gasteiger partial charge is 0.298 e. The highest BCUT2D eigenvalue weighted by molar-refractivity contribution is 9.10. The second-order valence-electron chi connectivity index (χ2n) is 6.15. The molecule has 1 aromatic carbocycles. The maximum absolute atomic E-state index is 12.6. The van der Waals surface area contributed by atoms with Crippen molar-refractivity contribution < 1.29 is 4.79 Å². The van der Waals surface area contributed by atoms with Crippen LogP contribution in [0.2, 0.25) is 0 Å². The van der Waals surface area contributed by atoms with E-state index in [2.05, 4.69) is 38.4 Å². The number of thiophene rings is 1. The van der Waals surface area contributed by atoms with Crippen LogP contribution in [-0.4, -0.2) is 10.9 Å². The molecule has 0 saturated heterocycles. The fourth-order valence-electron chi connectivity index (χ4n) is 3.10. The molecule has 0 spiro atoms. The highest BCUT2D eigenvalue weighted by Gasteiger charge is 2.20. The van der Waals surface area contributed by atoms with Crippen LogP contribution < -0.4 is 5.32 Å².